The van der Waals surface area contributed by atoms with Crippen LogP contribution in [0, 0.1) is 0 Å². The van der Waals surface area contributed by atoms with Gasteiger partial charge in [-0.3, -0.25) is 14.5 Å². The average Bonchev–Trinajstić information content (AvgIpc) is 3.17. The predicted molar refractivity (Wildman–Crippen MR) is 99.0 cm³/mol. The van der Waals surface area contributed by atoms with Crippen LogP contribution in [-0.2, 0) is 16.1 Å². The maximum absolute atomic E-state index is 12.4. The Balaban J connectivity index is 1.55. The van der Waals surface area contributed by atoms with Gasteiger partial charge < -0.3 is 10.2 Å². The molecule has 0 bridgehead atoms. The van der Waals surface area contributed by atoms with E-state index in [2.05, 4.69) is 10.4 Å². The molecule has 27 heavy (non-hydrogen) atoms. The molecule has 2 heterocycles. The van der Waals surface area contributed by atoms with E-state index in [1.54, 1.807) is 36.7 Å². The van der Waals surface area contributed by atoms with Crippen LogP contribution in [0.3, 0.4) is 0 Å². The highest BCUT2D eigenvalue weighted by molar-refractivity contribution is 6.06. The summed E-state index contributed by atoms with van der Waals surface area (Å²) in [7, 11) is 1.69. The van der Waals surface area contributed by atoms with Gasteiger partial charge in [-0.25, -0.2) is 9.48 Å². The first-order valence-corrected chi connectivity index (χ1v) is 8.75. The zero-order valence-corrected chi connectivity index (χ0v) is 15.7. The molecule has 1 aliphatic heterocycles. The lowest BCUT2D eigenvalue weighted by molar-refractivity contribution is -0.132. The Morgan fingerprint density at radius 2 is 1.93 bits per heavy atom. The van der Waals surface area contributed by atoms with Crippen LogP contribution >= 0.6 is 0 Å². The fourth-order valence-electron chi connectivity index (χ4n) is 2.95. The third-order valence-electron chi connectivity index (χ3n) is 4.50. The first-order chi connectivity index (χ1) is 12.8. The molecule has 0 unspecified atom stereocenters. The van der Waals surface area contributed by atoms with Crippen molar-refractivity contribution < 1.29 is 14.4 Å². The summed E-state index contributed by atoms with van der Waals surface area (Å²) in [6.45, 7) is 3.76. The van der Waals surface area contributed by atoms with Gasteiger partial charge in [-0.05, 0) is 26.0 Å². The third-order valence-corrected chi connectivity index (χ3v) is 4.50. The molecule has 0 radical (unpaired) electrons. The van der Waals surface area contributed by atoms with E-state index in [0.717, 1.165) is 16.2 Å². The number of hydrogen-bond acceptors (Lipinski definition) is 4. The molecule has 1 N–H and O–H groups in total. The zero-order valence-electron chi connectivity index (χ0n) is 15.7. The van der Waals surface area contributed by atoms with Crippen LogP contribution in [0.25, 0.3) is 5.69 Å². The molecule has 1 aliphatic rings. The van der Waals surface area contributed by atoms with Gasteiger partial charge in [-0.15, -0.1) is 0 Å². The minimum Gasteiger partial charge on any atom is -0.341 e. The van der Waals surface area contributed by atoms with E-state index in [1.165, 1.54) is 0 Å². The maximum Gasteiger partial charge on any atom is 0.325 e. The fourth-order valence-corrected chi connectivity index (χ4v) is 2.95. The monoisotopic (exact) mass is 369 g/mol. The van der Waals surface area contributed by atoms with E-state index in [-0.39, 0.29) is 24.8 Å². The van der Waals surface area contributed by atoms with Crippen molar-refractivity contribution in [3.8, 4) is 5.69 Å². The Morgan fingerprint density at radius 1 is 1.22 bits per heavy atom. The number of benzene rings is 1. The van der Waals surface area contributed by atoms with Crippen molar-refractivity contribution in [1.29, 1.82) is 0 Å². The molecule has 0 atom stereocenters. The molecule has 1 saturated heterocycles. The van der Waals surface area contributed by atoms with Crippen molar-refractivity contribution in [2.75, 3.05) is 13.6 Å². The van der Waals surface area contributed by atoms with Gasteiger partial charge in [-0.1, -0.05) is 18.2 Å². The van der Waals surface area contributed by atoms with Crippen molar-refractivity contribution in [2.24, 2.45) is 0 Å². The highest BCUT2D eigenvalue weighted by Crippen LogP contribution is 2.17. The van der Waals surface area contributed by atoms with Crippen LogP contribution < -0.4 is 5.32 Å². The molecule has 1 aromatic carbocycles. The number of carbonyl (C=O) groups excluding carboxylic acids is 3. The van der Waals surface area contributed by atoms with E-state index in [1.807, 2.05) is 36.5 Å². The number of hydrogen-bond donors (Lipinski definition) is 1. The second kappa shape index (κ2) is 7.22. The van der Waals surface area contributed by atoms with Crippen LogP contribution in [0.15, 0.2) is 42.7 Å². The molecular weight excluding hydrogens is 346 g/mol. The number of para-hydroxylation sites is 1. The summed E-state index contributed by atoms with van der Waals surface area (Å²) in [5.74, 6) is -0.458. The van der Waals surface area contributed by atoms with Gasteiger partial charge in [0.2, 0.25) is 5.91 Å². The van der Waals surface area contributed by atoms with Gasteiger partial charge in [0.25, 0.3) is 5.91 Å². The first kappa shape index (κ1) is 18.6. The lowest BCUT2D eigenvalue weighted by Crippen LogP contribution is -2.40. The van der Waals surface area contributed by atoms with E-state index < -0.39 is 11.6 Å². The largest absolute Gasteiger partial charge is 0.341 e. The molecular formula is C19H23N5O3. The van der Waals surface area contributed by atoms with Crippen LogP contribution in [0.4, 0.5) is 4.79 Å². The summed E-state index contributed by atoms with van der Waals surface area (Å²) in [5.41, 5.74) is 0.919. The lowest BCUT2D eigenvalue weighted by atomic mass is 10.1. The molecule has 8 heteroatoms. The van der Waals surface area contributed by atoms with Crippen LogP contribution in [0.2, 0.25) is 0 Å². The molecule has 0 aliphatic carbocycles. The first-order valence-electron chi connectivity index (χ1n) is 8.75. The standard InChI is InChI=1S/C19H23N5O3/c1-19(2)17(26)23(18(27)21-19)10-9-16(25)22(3)12-14-11-20-24(13-14)15-7-5-4-6-8-15/h4-8,11,13H,9-10,12H2,1-3H3,(H,21,27). The highest BCUT2D eigenvalue weighted by atomic mass is 16.2. The Bertz CT molecular complexity index is 859. The molecule has 1 aromatic heterocycles. The quantitative estimate of drug-likeness (QED) is 0.783. The minimum absolute atomic E-state index is 0.0700. The lowest BCUT2D eigenvalue weighted by Gasteiger charge is -2.19. The molecule has 3 rings (SSSR count). The number of nitrogens with zero attached hydrogens (tertiary/aromatic N) is 4. The SMILES string of the molecule is CN(Cc1cnn(-c2ccccc2)c1)C(=O)CCN1C(=O)NC(C)(C)C1=O. The summed E-state index contributed by atoms with van der Waals surface area (Å²) in [5, 5.41) is 6.92. The van der Waals surface area contributed by atoms with Crippen LogP contribution in [0.1, 0.15) is 25.8 Å². The van der Waals surface area contributed by atoms with E-state index >= 15 is 0 Å². The van der Waals surface area contributed by atoms with Gasteiger partial charge >= 0.3 is 6.03 Å². The molecule has 1 fully saturated rings. The summed E-state index contributed by atoms with van der Waals surface area (Å²) in [4.78, 5) is 39.1. The van der Waals surface area contributed by atoms with Crippen molar-refractivity contribution in [3.63, 3.8) is 0 Å². The summed E-state index contributed by atoms with van der Waals surface area (Å²) in [6, 6.07) is 9.25. The number of aromatic nitrogens is 2. The van der Waals surface area contributed by atoms with Gasteiger partial charge in [0, 0.05) is 38.3 Å². The second-order valence-electron chi connectivity index (χ2n) is 7.14. The Labute approximate surface area is 157 Å². The average molecular weight is 369 g/mol. The molecule has 0 saturated carbocycles. The topological polar surface area (TPSA) is 87.5 Å². The number of carbonyl (C=O) groups is 3. The molecule has 0 spiro atoms. The smallest absolute Gasteiger partial charge is 0.325 e. The highest BCUT2D eigenvalue weighted by Gasteiger charge is 2.44. The van der Waals surface area contributed by atoms with Gasteiger partial charge in [0.1, 0.15) is 5.54 Å². The Morgan fingerprint density at radius 3 is 2.56 bits per heavy atom. The number of rotatable bonds is 6. The summed E-state index contributed by atoms with van der Waals surface area (Å²) >= 11 is 0. The number of imide groups is 1. The zero-order chi connectivity index (χ0) is 19.6. The molecule has 8 nitrogen and oxygen atoms in total. The molecule has 142 valence electrons. The van der Waals surface area contributed by atoms with E-state index in [4.69, 9.17) is 0 Å². The fraction of sp³-hybridized carbons (Fsp3) is 0.368. The molecule has 2 aromatic rings. The Hall–Kier alpha value is -3.16. The van der Waals surface area contributed by atoms with Crippen molar-refractivity contribution in [1.82, 2.24) is 24.9 Å². The predicted octanol–water partition coefficient (Wildman–Crippen LogP) is 1.55. The Kier molecular flexibility index (Phi) is 4.98. The number of urea groups is 1. The van der Waals surface area contributed by atoms with Crippen LogP contribution in [-0.4, -0.2) is 56.6 Å². The summed E-state index contributed by atoms with van der Waals surface area (Å²) < 4.78 is 1.75. The van der Waals surface area contributed by atoms with E-state index in [9.17, 15) is 14.4 Å². The van der Waals surface area contributed by atoms with Crippen molar-refractivity contribution in [3.05, 3.63) is 48.3 Å². The number of amides is 4. The normalized spacial score (nSPS) is 15.7. The summed E-state index contributed by atoms with van der Waals surface area (Å²) in [6.07, 6.45) is 3.67. The maximum atomic E-state index is 12.4. The van der Waals surface area contributed by atoms with Crippen molar-refractivity contribution in [2.45, 2.75) is 32.4 Å². The van der Waals surface area contributed by atoms with Crippen LogP contribution in [0.5, 0.6) is 0 Å². The second-order valence-corrected chi connectivity index (χ2v) is 7.14. The third kappa shape index (κ3) is 3.99. The van der Waals surface area contributed by atoms with Crippen molar-refractivity contribution >= 4 is 17.8 Å². The minimum atomic E-state index is -0.919. The number of nitrogens with one attached hydrogen (secondary N) is 1. The van der Waals surface area contributed by atoms with Gasteiger partial charge in [-0.2, -0.15) is 5.10 Å². The van der Waals surface area contributed by atoms with E-state index in [0.29, 0.717) is 6.54 Å². The van der Waals surface area contributed by atoms with Gasteiger partial charge in [0.15, 0.2) is 0 Å². The van der Waals surface area contributed by atoms with Gasteiger partial charge in [0.05, 0.1) is 11.9 Å². The molecule has 4 amide bonds.